The predicted molar refractivity (Wildman–Crippen MR) is 71.5 cm³/mol. The van der Waals surface area contributed by atoms with Crippen LogP contribution in [0.3, 0.4) is 0 Å². The molecule has 0 aliphatic carbocycles. The van der Waals surface area contributed by atoms with Crippen molar-refractivity contribution < 1.29 is 14.4 Å². The Morgan fingerprint density at radius 2 is 2.00 bits per heavy atom. The number of likely N-dealkylation sites (tertiary alicyclic amines) is 1. The van der Waals surface area contributed by atoms with Crippen molar-refractivity contribution in [2.45, 2.75) is 18.9 Å². The predicted octanol–water partition coefficient (Wildman–Crippen LogP) is 1.83. The zero-order chi connectivity index (χ0) is 13.1. The first kappa shape index (κ1) is 13.7. The Bertz CT molecular complexity index is 430. The Morgan fingerprint density at radius 1 is 1.33 bits per heavy atom. The first-order chi connectivity index (χ1) is 8.54. The minimum Gasteiger partial charge on any atom is -0.453 e. The molecular weight excluding hydrogens is 273 g/mol. The number of carbonyl (C=O) groups is 1. The Hall–Kier alpha value is -0.770. The molecule has 1 aliphatic rings. The fourth-order valence-corrected chi connectivity index (χ4v) is 2.74. The highest BCUT2D eigenvalue weighted by Crippen LogP contribution is 2.20. The number of ether oxygens (including phenoxy) is 1. The Balaban J connectivity index is 2.02. The topological polar surface area (TPSA) is 30.7 Å². The third-order valence-electron chi connectivity index (χ3n) is 3.08. The molecule has 1 fully saturated rings. The lowest BCUT2D eigenvalue weighted by Gasteiger charge is -2.26. The summed E-state index contributed by atoms with van der Waals surface area (Å²) in [6.45, 7) is 2.00. The zero-order valence-electron chi connectivity index (χ0n) is 10.2. The van der Waals surface area contributed by atoms with Crippen LogP contribution in [0.1, 0.15) is 23.2 Å². The molecule has 0 bridgehead atoms. The molecule has 2 rings (SSSR count). The van der Waals surface area contributed by atoms with E-state index in [4.69, 9.17) is 27.9 Å². The molecule has 98 valence electrons. The van der Waals surface area contributed by atoms with Crippen LogP contribution in [0.4, 0.5) is 0 Å². The van der Waals surface area contributed by atoms with Gasteiger partial charge in [0.15, 0.2) is 6.10 Å². The molecule has 1 aromatic carbocycles. The van der Waals surface area contributed by atoms with Gasteiger partial charge in [-0.15, -0.1) is 0 Å². The van der Waals surface area contributed by atoms with Gasteiger partial charge in [0.25, 0.3) is 0 Å². The zero-order valence-corrected chi connectivity index (χ0v) is 11.7. The summed E-state index contributed by atoms with van der Waals surface area (Å²) in [5.41, 5.74) is 0.413. The molecule has 1 aromatic rings. The summed E-state index contributed by atoms with van der Waals surface area (Å²) in [4.78, 5) is 13.4. The molecule has 3 nitrogen and oxygen atoms in total. The van der Waals surface area contributed by atoms with Crippen LogP contribution in [0.25, 0.3) is 0 Å². The van der Waals surface area contributed by atoms with E-state index in [1.165, 1.54) is 4.90 Å². The van der Waals surface area contributed by atoms with Crippen LogP contribution in [0.5, 0.6) is 0 Å². The van der Waals surface area contributed by atoms with E-state index in [0.717, 1.165) is 25.9 Å². The number of piperidine rings is 1. The van der Waals surface area contributed by atoms with E-state index in [1.54, 1.807) is 18.2 Å². The highest BCUT2D eigenvalue weighted by molar-refractivity contribution is 6.35. The quantitative estimate of drug-likeness (QED) is 0.842. The van der Waals surface area contributed by atoms with Gasteiger partial charge in [0.2, 0.25) is 0 Å². The number of nitrogens with one attached hydrogen (secondary N) is 1. The number of likely N-dealkylation sites (N-methyl/N-ethyl adjacent to an activating group) is 1. The lowest BCUT2D eigenvalue weighted by molar-refractivity contribution is -0.888. The maximum absolute atomic E-state index is 12.0. The maximum atomic E-state index is 12.0. The molecule has 0 amide bonds. The first-order valence-electron chi connectivity index (χ1n) is 6.03. The second kappa shape index (κ2) is 5.91. The van der Waals surface area contributed by atoms with E-state index in [1.807, 2.05) is 0 Å². The molecule has 0 radical (unpaired) electrons. The number of rotatable bonds is 2. The summed E-state index contributed by atoms with van der Waals surface area (Å²) in [7, 11) is 2.11. The number of benzene rings is 1. The molecule has 1 aliphatic heterocycles. The summed E-state index contributed by atoms with van der Waals surface area (Å²) < 4.78 is 5.48. The average Bonchev–Trinajstić information content (AvgIpc) is 2.27. The normalized spacial score (nSPS) is 23.7. The van der Waals surface area contributed by atoms with Crippen LogP contribution in [-0.2, 0) is 4.74 Å². The Labute approximate surface area is 117 Å². The largest absolute Gasteiger partial charge is 0.453 e. The van der Waals surface area contributed by atoms with Crippen LogP contribution in [0.15, 0.2) is 18.2 Å². The van der Waals surface area contributed by atoms with Gasteiger partial charge in [0, 0.05) is 16.5 Å². The maximum Gasteiger partial charge on any atom is 0.338 e. The highest BCUT2D eigenvalue weighted by atomic mass is 35.5. The van der Waals surface area contributed by atoms with E-state index in [9.17, 15) is 4.79 Å². The first-order valence-corrected chi connectivity index (χ1v) is 6.78. The van der Waals surface area contributed by atoms with Crippen molar-refractivity contribution in [3.05, 3.63) is 33.8 Å². The van der Waals surface area contributed by atoms with Gasteiger partial charge in [-0.2, -0.15) is 0 Å². The standard InChI is InChI=1S/C13H15Cl2NO2/c1-16-4-2-3-12(8-16)18-13(17)9-5-10(14)7-11(15)6-9/h5-7,12H,2-4,8H2,1H3/p+1/t12-/m1/s1. The molecule has 0 spiro atoms. The number of carbonyl (C=O) groups excluding carboxylic acids is 1. The summed E-state index contributed by atoms with van der Waals surface area (Å²) in [5.74, 6) is -0.348. The van der Waals surface area contributed by atoms with Crippen LogP contribution in [-0.4, -0.2) is 32.2 Å². The molecule has 1 heterocycles. The van der Waals surface area contributed by atoms with Gasteiger partial charge in [0.05, 0.1) is 19.2 Å². The van der Waals surface area contributed by atoms with Crippen molar-refractivity contribution >= 4 is 29.2 Å². The molecule has 1 N–H and O–H groups in total. The van der Waals surface area contributed by atoms with E-state index < -0.39 is 0 Å². The minimum atomic E-state index is -0.348. The molecule has 1 unspecified atom stereocenters. The molecule has 1 saturated heterocycles. The van der Waals surface area contributed by atoms with Gasteiger partial charge in [-0.25, -0.2) is 4.79 Å². The van der Waals surface area contributed by atoms with Crippen molar-refractivity contribution in [3.63, 3.8) is 0 Å². The van der Waals surface area contributed by atoms with Gasteiger partial charge in [-0.05, 0) is 24.6 Å². The molecule has 0 saturated carbocycles. The van der Waals surface area contributed by atoms with E-state index in [2.05, 4.69) is 7.05 Å². The molecular formula is C13H16Cl2NO2+. The van der Waals surface area contributed by atoms with Crippen molar-refractivity contribution in [3.8, 4) is 0 Å². The Kier molecular flexibility index (Phi) is 4.49. The third kappa shape index (κ3) is 3.61. The number of esters is 1. The number of hydrogen-bond acceptors (Lipinski definition) is 2. The number of hydrogen-bond donors (Lipinski definition) is 1. The van der Waals surface area contributed by atoms with Gasteiger partial charge in [-0.3, -0.25) is 0 Å². The average molecular weight is 289 g/mol. The van der Waals surface area contributed by atoms with Crippen molar-refractivity contribution in [1.82, 2.24) is 0 Å². The van der Waals surface area contributed by atoms with Gasteiger partial charge in [-0.1, -0.05) is 23.2 Å². The number of halogens is 2. The highest BCUT2D eigenvalue weighted by Gasteiger charge is 2.24. The fourth-order valence-electron chi connectivity index (χ4n) is 2.22. The van der Waals surface area contributed by atoms with E-state index in [0.29, 0.717) is 15.6 Å². The SMILES string of the molecule is C[NH+]1CCC[C@@H](OC(=O)c2cc(Cl)cc(Cl)c2)C1. The molecule has 5 heteroatoms. The fraction of sp³-hybridized carbons (Fsp3) is 0.462. The van der Waals surface area contributed by atoms with Gasteiger partial charge in [0.1, 0.15) is 6.54 Å². The van der Waals surface area contributed by atoms with Crippen molar-refractivity contribution in [2.24, 2.45) is 0 Å². The summed E-state index contributed by atoms with van der Waals surface area (Å²) in [6, 6.07) is 4.75. The van der Waals surface area contributed by atoms with Crippen LogP contribution >= 0.6 is 23.2 Å². The van der Waals surface area contributed by atoms with E-state index >= 15 is 0 Å². The monoisotopic (exact) mass is 288 g/mol. The van der Waals surface area contributed by atoms with Crippen molar-refractivity contribution in [1.29, 1.82) is 0 Å². The smallest absolute Gasteiger partial charge is 0.338 e. The van der Waals surface area contributed by atoms with Gasteiger partial charge < -0.3 is 9.64 Å². The van der Waals surface area contributed by atoms with Crippen LogP contribution in [0, 0.1) is 0 Å². The van der Waals surface area contributed by atoms with Crippen LogP contribution in [0.2, 0.25) is 10.0 Å². The summed E-state index contributed by atoms with van der Waals surface area (Å²) in [5, 5.41) is 0.890. The summed E-state index contributed by atoms with van der Waals surface area (Å²) >= 11 is 11.7. The third-order valence-corrected chi connectivity index (χ3v) is 3.51. The second-order valence-corrected chi connectivity index (χ2v) is 5.61. The molecule has 18 heavy (non-hydrogen) atoms. The lowest BCUT2D eigenvalue weighted by Crippen LogP contribution is -3.11. The minimum absolute atomic E-state index is 0.0102. The van der Waals surface area contributed by atoms with Gasteiger partial charge >= 0.3 is 5.97 Å². The van der Waals surface area contributed by atoms with Crippen LogP contribution < -0.4 is 4.90 Å². The molecule has 0 aromatic heterocycles. The summed E-state index contributed by atoms with van der Waals surface area (Å²) in [6.07, 6.45) is 2.00. The second-order valence-electron chi connectivity index (χ2n) is 4.74. The lowest BCUT2D eigenvalue weighted by atomic mass is 10.1. The van der Waals surface area contributed by atoms with E-state index in [-0.39, 0.29) is 12.1 Å². The Morgan fingerprint density at radius 3 is 2.61 bits per heavy atom. The molecule has 2 atom stereocenters. The number of quaternary nitrogens is 1. The van der Waals surface area contributed by atoms with Crippen molar-refractivity contribution in [2.75, 3.05) is 20.1 Å².